The molecule has 3 aliphatic rings. The lowest BCUT2D eigenvalue weighted by molar-refractivity contribution is -0.142. The molecule has 10 heteroatoms. The van der Waals surface area contributed by atoms with Gasteiger partial charge in [0.1, 0.15) is 12.4 Å². The van der Waals surface area contributed by atoms with E-state index < -0.39 is 30.1 Å². The summed E-state index contributed by atoms with van der Waals surface area (Å²) in [5.74, 6) is -1.37. The number of hydrogen-bond donors (Lipinski definition) is 2. The number of benzene rings is 2. The van der Waals surface area contributed by atoms with Gasteiger partial charge in [0.15, 0.2) is 0 Å². The van der Waals surface area contributed by atoms with E-state index in [0.717, 1.165) is 16.0 Å². The summed E-state index contributed by atoms with van der Waals surface area (Å²) >= 11 is 0. The number of fused-ring (bicyclic) bond motifs is 2. The molecular weight excluding hydrogens is 479 g/mol. The summed E-state index contributed by atoms with van der Waals surface area (Å²) in [6.45, 7) is 3.37. The van der Waals surface area contributed by atoms with Gasteiger partial charge in [-0.1, -0.05) is 24.3 Å². The number of carbonyl (C=O) groups is 4. The summed E-state index contributed by atoms with van der Waals surface area (Å²) in [5.41, 5.74) is 1.17. The molecule has 0 radical (unpaired) electrons. The smallest absolute Gasteiger partial charge is 0.418 e. The third-order valence-corrected chi connectivity index (χ3v) is 7.38. The van der Waals surface area contributed by atoms with Crippen LogP contribution in [-0.2, 0) is 26.3 Å². The van der Waals surface area contributed by atoms with Crippen molar-refractivity contribution in [3.8, 4) is 0 Å². The van der Waals surface area contributed by atoms with Crippen molar-refractivity contribution in [2.24, 2.45) is 0 Å². The van der Waals surface area contributed by atoms with Crippen LogP contribution in [0.25, 0.3) is 0 Å². The lowest BCUT2D eigenvalue weighted by atomic mass is 9.94. The van der Waals surface area contributed by atoms with Crippen molar-refractivity contribution in [2.45, 2.75) is 43.4 Å². The average molecular weight is 507 g/mol. The number of amides is 5. The largest absolute Gasteiger partial charge is 0.427 e. The van der Waals surface area contributed by atoms with E-state index >= 15 is 0 Å². The number of hydrogen-bond acceptors (Lipinski definition) is 5. The fraction of sp³-hybridized carbons (Fsp3) is 0.333. The molecule has 2 N–H and O–H groups in total. The molecule has 0 aromatic heterocycles. The molecule has 1 spiro atoms. The van der Waals surface area contributed by atoms with Gasteiger partial charge < -0.3 is 20.3 Å². The first-order chi connectivity index (χ1) is 17.8. The number of imide groups is 1. The summed E-state index contributed by atoms with van der Waals surface area (Å²) in [4.78, 5) is 54.1. The van der Waals surface area contributed by atoms with Crippen LogP contribution in [0.1, 0.15) is 42.0 Å². The topological polar surface area (TPSA) is 108 Å². The molecule has 2 aromatic carbocycles. The zero-order valence-electron chi connectivity index (χ0n) is 20.3. The van der Waals surface area contributed by atoms with Crippen LogP contribution in [0.3, 0.4) is 0 Å². The molecule has 37 heavy (non-hydrogen) atoms. The van der Waals surface area contributed by atoms with Gasteiger partial charge in [-0.15, -0.1) is 6.58 Å². The van der Waals surface area contributed by atoms with Crippen molar-refractivity contribution in [3.05, 3.63) is 77.6 Å². The Morgan fingerprint density at radius 3 is 2.65 bits per heavy atom. The number of carbonyl (C=O) groups excluding carboxylic acids is 4. The molecule has 1 aliphatic carbocycles. The number of nitrogens with one attached hydrogen (secondary N) is 2. The fourth-order valence-electron chi connectivity index (χ4n) is 5.58. The summed E-state index contributed by atoms with van der Waals surface area (Å²) in [6, 6.07) is 10.1. The SMILES string of the molecule is C=C[C@H]1CC[C@@H](c2ccc(F)cc2)N1C(=O)CN1C(=O)OC2(CCc3cc(NC(=O)NC)ccc32)C1=O. The van der Waals surface area contributed by atoms with Crippen molar-refractivity contribution in [3.63, 3.8) is 0 Å². The van der Waals surface area contributed by atoms with Gasteiger partial charge in [0.2, 0.25) is 11.5 Å². The predicted molar refractivity (Wildman–Crippen MR) is 132 cm³/mol. The minimum Gasteiger partial charge on any atom is -0.427 e. The van der Waals surface area contributed by atoms with E-state index in [1.807, 2.05) is 0 Å². The Morgan fingerprint density at radius 1 is 1.19 bits per heavy atom. The zero-order valence-corrected chi connectivity index (χ0v) is 20.3. The summed E-state index contributed by atoms with van der Waals surface area (Å²) < 4.78 is 19.1. The van der Waals surface area contributed by atoms with Crippen LogP contribution in [0.15, 0.2) is 55.1 Å². The Kier molecular flexibility index (Phi) is 6.18. The van der Waals surface area contributed by atoms with Crippen molar-refractivity contribution >= 4 is 29.6 Å². The minimum atomic E-state index is -1.49. The van der Waals surface area contributed by atoms with Gasteiger partial charge in [-0.3, -0.25) is 9.59 Å². The van der Waals surface area contributed by atoms with E-state index in [1.54, 1.807) is 41.3 Å². The number of likely N-dealkylation sites (tertiary alicyclic amines) is 1. The number of rotatable bonds is 5. The van der Waals surface area contributed by atoms with Crippen LogP contribution < -0.4 is 10.6 Å². The molecule has 0 saturated carbocycles. The Hall–Kier alpha value is -4.21. The maximum Gasteiger partial charge on any atom is 0.418 e. The Balaban J connectivity index is 1.37. The van der Waals surface area contributed by atoms with Gasteiger partial charge in [-0.2, -0.15) is 0 Å². The normalized spacial score (nSPS) is 24.3. The summed E-state index contributed by atoms with van der Waals surface area (Å²) in [5, 5.41) is 5.16. The Labute approximate surface area is 213 Å². The third-order valence-electron chi connectivity index (χ3n) is 7.38. The molecule has 2 fully saturated rings. The van der Waals surface area contributed by atoms with Crippen molar-refractivity contribution in [1.82, 2.24) is 15.1 Å². The molecule has 2 heterocycles. The summed E-state index contributed by atoms with van der Waals surface area (Å²) in [7, 11) is 1.51. The van der Waals surface area contributed by atoms with Crippen LogP contribution in [-0.4, -0.2) is 53.4 Å². The molecule has 3 atom stereocenters. The predicted octanol–water partition coefficient (Wildman–Crippen LogP) is 3.62. The number of ether oxygens (including phenoxy) is 1. The standard InChI is InChI=1S/C27H27FN4O5/c1-3-20-9-11-22(16-4-6-18(28)7-5-16)32(20)23(33)15-31-24(34)27(37-26(31)36)13-12-17-14-19(8-10-21(17)27)30-25(35)29-2/h3-8,10,14,20,22H,1,9,11-13,15H2,2H3,(H2,29,30,35)/t20-,22-,27?/m0/s1. The first-order valence-corrected chi connectivity index (χ1v) is 12.1. The highest BCUT2D eigenvalue weighted by molar-refractivity contribution is 6.06. The number of anilines is 1. The molecule has 2 aromatic rings. The highest BCUT2D eigenvalue weighted by Gasteiger charge is 2.58. The third kappa shape index (κ3) is 4.12. The van der Waals surface area contributed by atoms with Gasteiger partial charge in [0, 0.05) is 24.7 Å². The molecule has 5 rings (SSSR count). The maximum absolute atomic E-state index is 13.6. The van der Waals surface area contributed by atoms with Gasteiger partial charge in [-0.25, -0.2) is 18.9 Å². The number of aryl methyl sites for hydroxylation is 1. The second-order valence-electron chi connectivity index (χ2n) is 9.41. The van der Waals surface area contributed by atoms with Gasteiger partial charge in [-0.05, 0) is 54.7 Å². The van der Waals surface area contributed by atoms with E-state index in [0.29, 0.717) is 30.5 Å². The zero-order chi connectivity index (χ0) is 26.3. The van der Waals surface area contributed by atoms with E-state index in [9.17, 15) is 23.6 Å². The second kappa shape index (κ2) is 9.34. The van der Waals surface area contributed by atoms with Crippen LogP contribution in [0, 0.1) is 5.82 Å². The molecule has 9 nitrogen and oxygen atoms in total. The van der Waals surface area contributed by atoms with Crippen molar-refractivity contribution in [1.29, 1.82) is 0 Å². The fourth-order valence-corrected chi connectivity index (χ4v) is 5.58. The van der Waals surface area contributed by atoms with Crippen LogP contribution in [0.4, 0.5) is 19.7 Å². The number of urea groups is 1. The highest BCUT2D eigenvalue weighted by atomic mass is 19.1. The molecule has 0 bridgehead atoms. The van der Waals surface area contributed by atoms with Crippen LogP contribution in [0.2, 0.25) is 0 Å². The van der Waals surface area contributed by atoms with E-state index in [2.05, 4.69) is 17.2 Å². The van der Waals surface area contributed by atoms with Gasteiger partial charge in [0.25, 0.3) is 5.91 Å². The first-order valence-electron chi connectivity index (χ1n) is 12.1. The van der Waals surface area contributed by atoms with Crippen LogP contribution in [0.5, 0.6) is 0 Å². The van der Waals surface area contributed by atoms with E-state index in [-0.39, 0.29) is 30.4 Å². The van der Waals surface area contributed by atoms with Gasteiger partial charge >= 0.3 is 12.1 Å². The molecule has 1 unspecified atom stereocenters. The highest BCUT2D eigenvalue weighted by Crippen LogP contribution is 2.46. The van der Waals surface area contributed by atoms with Crippen LogP contribution >= 0.6 is 0 Å². The second-order valence-corrected chi connectivity index (χ2v) is 9.41. The van der Waals surface area contributed by atoms with E-state index in [1.165, 1.54) is 19.2 Å². The molecular formula is C27H27FN4O5. The molecule has 5 amide bonds. The summed E-state index contributed by atoms with van der Waals surface area (Å²) in [6.07, 6.45) is 2.83. The monoisotopic (exact) mass is 506 g/mol. The maximum atomic E-state index is 13.6. The first kappa shape index (κ1) is 24.5. The average Bonchev–Trinajstić information content (AvgIpc) is 3.55. The quantitative estimate of drug-likeness (QED) is 0.603. The number of halogens is 1. The Bertz CT molecular complexity index is 1300. The van der Waals surface area contributed by atoms with Crippen molar-refractivity contribution < 1.29 is 28.3 Å². The molecule has 2 aliphatic heterocycles. The lowest BCUT2D eigenvalue weighted by Crippen LogP contribution is -2.46. The Morgan fingerprint density at radius 2 is 1.95 bits per heavy atom. The molecule has 2 saturated heterocycles. The number of nitrogens with zero attached hydrogens (tertiary/aromatic N) is 2. The lowest BCUT2D eigenvalue weighted by Gasteiger charge is -2.30. The van der Waals surface area contributed by atoms with Gasteiger partial charge in [0.05, 0.1) is 12.1 Å². The minimum absolute atomic E-state index is 0.248. The molecule has 192 valence electrons. The van der Waals surface area contributed by atoms with E-state index in [4.69, 9.17) is 4.74 Å². The van der Waals surface area contributed by atoms with Crippen molar-refractivity contribution in [2.75, 3.05) is 18.9 Å².